The molecule has 5 nitrogen and oxygen atoms in total. The van der Waals surface area contributed by atoms with Crippen molar-refractivity contribution in [2.24, 2.45) is 0 Å². The Balaban J connectivity index is 1.53. The molecule has 2 fully saturated rings. The van der Waals surface area contributed by atoms with E-state index in [-0.39, 0.29) is 23.7 Å². The van der Waals surface area contributed by atoms with Gasteiger partial charge in [0, 0.05) is 32.5 Å². The normalized spacial score (nSPS) is 22.0. The van der Waals surface area contributed by atoms with Gasteiger partial charge in [-0.3, -0.25) is 9.59 Å². The molecule has 2 heterocycles. The van der Waals surface area contributed by atoms with E-state index in [0.29, 0.717) is 39.1 Å². The Kier molecular flexibility index (Phi) is 6.02. The average Bonchev–Trinajstić information content (AvgIpc) is 2.84. The number of nitrogens with zero attached hydrogens (tertiary/aromatic N) is 2. The smallest absolute Gasteiger partial charge is 0.224 e. The van der Waals surface area contributed by atoms with Crippen molar-refractivity contribution >= 4 is 11.8 Å². The second kappa shape index (κ2) is 8.43. The van der Waals surface area contributed by atoms with Gasteiger partial charge in [0.05, 0.1) is 13.2 Å². The molecule has 2 amide bonds. The van der Waals surface area contributed by atoms with E-state index in [4.69, 9.17) is 4.74 Å². The van der Waals surface area contributed by atoms with Crippen LogP contribution in [0.3, 0.4) is 0 Å². The van der Waals surface area contributed by atoms with Crippen molar-refractivity contribution in [1.29, 1.82) is 0 Å². The van der Waals surface area contributed by atoms with Gasteiger partial charge < -0.3 is 14.5 Å². The summed E-state index contributed by atoms with van der Waals surface area (Å²) in [5.41, 5.74) is 0.876. The Bertz CT molecular complexity index is 605. The lowest BCUT2D eigenvalue weighted by molar-refractivity contribution is -0.140. The molecular formula is C19H25FN2O3. The molecule has 1 aromatic carbocycles. The molecule has 1 unspecified atom stereocenters. The topological polar surface area (TPSA) is 49.9 Å². The van der Waals surface area contributed by atoms with Crippen LogP contribution in [0.2, 0.25) is 0 Å². The zero-order valence-electron chi connectivity index (χ0n) is 14.5. The van der Waals surface area contributed by atoms with E-state index < -0.39 is 0 Å². The molecule has 1 aromatic rings. The second-order valence-electron chi connectivity index (χ2n) is 6.69. The average molecular weight is 348 g/mol. The van der Waals surface area contributed by atoms with Crippen molar-refractivity contribution < 1.29 is 18.7 Å². The molecule has 0 aliphatic carbocycles. The van der Waals surface area contributed by atoms with Gasteiger partial charge in [-0.15, -0.1) is 0 Å². The minimum absolute atomic E-state index is 0.0486. The molecule has 0 bridgehead atoms. The van der Waals surface area contributed by atoms with Crippen LogP contribution in [0.4, 0.5) is 4.39 Å². The molecule has 0 spiro atoms. The number of ether oxygens (including phenoxy) is 1. The summed E-state index contributed by atoms with van der Waals surface area (Å²) in [5.74, 6) is -0.0708. The lowest BCUT2D eigenvalue weighted by Crippen LogP contribution is -2.43. The molecule has 2 aliphatic rings. The van der Waals surface area contributed by atoms with Crippen LogP contribution in [0, 0.1) is 5.82 Å². The number of carbonyl (C=O) groups excluding carboxylic acids is 2. The fourth-order valence-electron chi connectivity index (χ4n) is 3.42. The minimum atomic E-state index is -0.283. The quantitative estimate of drug-likeness (QED) is 0.840. The number of halogens is 1. The molecule has 136 valence electrons. The number of morpholine rings is 1. The van der Waals surface area contributed by atoms with E-state index in [2.05, 4.69) is 0 Å². The zero-order valence-corrected chi connectivity index (χ0v) is 14.5. The highest BCUT2D eigenvalue weighted by molar-refractivity contribution is 5.79. The first-order chi connectivity index (χ1) is 12.1. The van der Waals surface area contributed by atoms with Crippen molar-refractivity contribution in [1.82, 2.24) is 9.80 Å². The largest absolute Gasteiger partial charge is 0.370 e. The summed E-state index contributed by atoms with van der Waals surface area (Å²) in [6.45, 7) is 2.75. The van der Waals surface area contributed by atoms with E-state index in [9.17, 15) is 14.0 Å². The third-order valence-electron chi connectivity index (χ3n) is 4.93. The van der Waals surface area contributed by atoms with E-state index in [1.165, 1.54) is 12.1 Å². The highest BCUT2D eigenvalue weighted by Gasteiger charge is 2.26. The van der Waals surface area contributed by atoms with Crippen LogP contribution in [-0.2, 0) is 14.3 Å². The van der Waals surface area contributed by atoms with Gasteiger partial charge in [0.15, 0.2) is 0 Å². The van der Waals surface area contributed by atoms with E-state index in [1.807, 2.05) is 4.90 Å². The van der Waals surface area contributed by atoms with Crippen LogP contribution >= 0.6 is 0 Å². The number of likely N-dealkylation sites (tertiary alicyclic amines) is 1. The predicted molar refractivity (Wildman–Crippen MR) is 91.3 cm³/mol. The highest BCUT2D eigenvalue weighted by atomic mass is 19.1. The van der Waals surface area contributed by atoms with Crippen LogP contribution < -0.4 is 0 Å². The SMILES string of the molecule is O=C1CCCCCN1CCC(=O)N1CCOC(c2ccc(F)cc2)C1. The third kappa shape index (κ3) is 4.78. The standard InChI is InChI=1S/C19H25FN2O3/c20-16-7-5-15(6-8-16)17-14-22(12-13-25-17)19(24)9-11-21-10-3-1-2-4-18(21)23/h5-8,17H,1-4,9-14H2. The highest BCUT2D eigenvalue weighted by Crippen LogP contribution is 2.23. The fourth-order valence-corrected chi connectivity index (χ4v) is 3.42. The molecule has 2 aliphatic heterocycles. The summed E-state index contributed by atoms with van der Waals surface area (Å²) < 4.78 is 18.8. The number of carbonyl (C=O) groups is 2. The summed E-state index contributed by atoms with van der Waals surface area (Å²) in [6, 6.07) is 6.21. The number of hydrogen-bond acceptors (Lipinski definition) is 3. The Hall–Kier alpha value is -1.95. The molecule has 0 saturated carbocycles. The van der Waals surface area contributed by atoms with Crippen LogP contribution in [0.5, 0.6) is 0 Å². The fraction of sp³-hybridized carbons (Fsp3) is 0.579. The molecule has 3 rings (SSSR count). The van der Waals surface area contributed by atoms with Crippen LogP contribution in [0.15, 0.2) is 24.3 Å². The maximum Gasteiger partial charge on any atom is 0.224 e. The van der Waals surface area contributed by atoms with Crippen molar-refractivity contribution in [3.8, 4) is 0 Å². The van der Waals surface area contributed by atoms with E-state index >= 15 is 0 Å². The van der Waals surface area contributed by atoms with Crippen molar-refractivity contribution in [2.75, 3.05) is 32.8 Å². The molecular weight excluding hydrogens is 323 g/mol. The first-order valence-electron chi connectivity index (χ1n) is 9.06. The monoisotopic (exact) mass is 348 g/mol. The van der Waals surface area contributed by atoms with E-state index in [0.717, 1.165) is 31.4 Å². The molecule has 6 heteroatoms. The molecule has 2 saturated heterocycles. The van der Waals surface area contributed by atoms with Crippen LogP contribution in [0.1, 0.15) is 43.8 Å². The van der Waals surface area contributed by atoms with Gasteiger partial charge in [0.25, 0.3) is 0 Å². The van der Waals surface area contributed by atoms with Crippen molar-refractivity contribution in [2.45, 2.75) is 38.2 Å². The Morgan fingerprint density at radius 3 is 2.76 bits per heavy atom. The minimum Gasteiger partial charge on any atom is -0.370 e. The molecule has 0 aromatic heterocycles. The molecule has 1 atom stereocenters. The lowest BCUT2D eigenvalue weighted by atomic mass is 10.1. The van der Waals surface area contributed by atoms with Gasteiger partial charge in [-0.2, -0.15) is 0 Å². The van der Waals surface area contributed by atoms with Crippen molar-refractivity contribution in [3.05, 3.63) is 35.6 Å². The molecule has 25 heavy (non-hydrogen) atoms. The van der Waals surface area contributed by atoms with Crippen LogP contribution in [0.25, 0.3) is 0 Å². The molecule has 0 N–H and O–H groups in total. The van der Waals surface area contributed by atoms with Gasteiger partial charge in [-0.25, -0.2) is 4.39 Å². The summed E-state index contributed by atoms with van der Waals surface area (Å²) in [4.78, 5) is 28.2. The zero-order chi connectivity index (χ0) is 17.6. The Morgan fingerprint density at radius 2 is 1.96 bits per heavy atom. The summed E-state index contributed by atoms with van der Waals surface area (Å²) >= 11 is 0. The van der Waals surface area contributed by atoms with Gasteiger partial charge in [-0.05, 0) is 30.5 Å². The second-order valence-corrected chi connectivity index (χ2v) is 6.69. The first kappa shape index (κ1) is 17.9. The Morgan fingerprint density at radius 1 is 1.16 bits per heavy atom. The maximum atomic E-state index is 13.1. The number of amides is 2. The summed E-state index contributed by atoms with van der Waals surface area (Å²) in [6.07, 6.45) is 3.77. The van der Waals surface area contributed by atoms with Gasteiger partial charge in [0.1, 0.15) is 11.9 Å². The maximum absolute atomic E-state index is 13.1. The van der Waals surface area contributed by atoms with Gasteiger partial charge in [-0.1, -0.05) is 18.6 Å². The summed E-state index contributed by atoms with van der Waals surface area (Å²) in [5, 5.41) is 0. The first-order valence-corrected chi connectivity index (χ1v) is 9.06. The summed E-state index contributed by atoms with van der Waals surface area (Å²) in [7, 11) is 0. The van der Waals surface area contributed by atoms with Gasteiger partial charge >= 0.3 is 0 Å². The number of benzene rings is 1. The van der Waals surface area contributed by atoms with Crippen LogP contribution in [-0.4, -0.2) is 54.4 Å². The molecule has 0 radical (unpaired) electrons. The predicted octanol–water partition coefficient (Wildman–Crippen LogP) is 2.52. The van der Waals surface area contributed by atoms with E-state index in [1.54, 1.807) is 17.0 Å². The lowest BCUT2D eigenvalue weighted by Gasteiger charge is -2.33. The third-order valence-corrected chi connectivity index (χ3v) is 4.93. The number of hydrogen-bond donors (Lipinski definition) is 0. The Labute approximate surface area is 147 Å². The van der Waals surface area contributed by atoms with Crippen molar-refractivity contribution in [3.63, 3.8) is 0 Å². The van der Waals surface area contributed by atoms with Gasteiger partial charge in [0.2, 0.25) is 11.8 Å². The number of rotatable bonds is 4.